The molecule has 0 unspecified atom stereocenters. The fourth-order valence-electron chi connectivity index (χ4n) is 8.17. The highest BCUT2D eigenvalue weighted by Gasteiger charge is 2.56. The summed E-state index contributed by atoms with van der Waals surface area (Å²) in [6.07, 6.45) is 10.6. The SMILES string of the molecule is C[C@@H]1[C@H]2C[C@@H](C[C@H]1NCCNC1C3CC4CC(C3)CC1C4)C2(C)C. The van der Waals surface area contributed by atoms with E-state index in [1.54, 1.807) is 6.42 Å². The number of hydrogen-bond donors (Lipinski definition) is 2. The highest BCUT2D eigenvalue weighted by molar-refractivity contribution is 5.07. The molecule has 0 aromatic heterocycles. The predicted molar refractivity (Wildman–Crippen MR) is 99.8 cm³/mol. The van der Waals surface area contributed by atoms with Gasteiger partial charge in [-0.05, 0) is 91.8 Å². The van der Waals surface area contributed by atoms with Crippen LogP contribution in [-0.2, 0) is 0 Å². The second-order valence-electron chi connectivity index (χ2n) is 10.9. The summed E-state index contributed by atoms with van der Waals surface area (Å²) in [4.78, 5) is 0. The number of hydrogen-bond acceptors (Lipinski definition) is 2. The van der Waals surface area contributed by atoms with Gasteiger partial charge in [0.15, 0.2) is 0 Å². The number of rotatable bonds is 5. The largest absolute Gasteiger partial charge is 0.312 e. The summed E-state index contributed by atoms with van der Waals surface area (Å²) in [5, 5.41) is 7.93. The van der Waals surface area contributed by atoms with E-state index in [0.717, 1.165) is 53.5 Å². The van der Waals surface area contributed by atoms with Crippen LogP contribution < -0.4 is 10.6 Å². The van der Waals surface area contributed by atoms with Gasteiger partial charge < -0.3 is 10.6 Å². The number of fused-ring (bicyclic) bond motifs is 2. The van der Waals surface area contributed by atoms with Gasteiger partial charge in [0.25, 0.3) is 0 Å². The molecule has 0 spiro atoms. The Hall–Kier alpha value is -0.0800. The summed E-state index contributed by atoms with van der Waals surface area (Å²) in [5.74, 6) is 7.04. The van der Waals surface area contributed by atoms with Crippen LogP contribution in [0.5, 0.6) is 0 Å². The van der Waals surface area contributed by atoms with Crippen molar-refractivity contribution in [3.05, 3.63) is 0 Å². The molecule has 0 aromatic rings. The van der Waals surface area contributed by atoms with E-state index in [1.807, 2.05) is 0 Å². The first kappa shape index (κ1) is 16.1. The first-order chi connectivity index (χ1) is 11.5. The third-order valence-corrected chi connectivity index (χ3v) is 9.49. The molecule has 0 radical (unpaired) electrons. The molecule has 6 bridgehead atoms. The van der Waals surface area contributed by atoms with Crippen LogP contribution in [0.1, 0.15) is 65.7 Å². The van der Waals surface area contributed by atoms with Crippen LogP contribution in [0.15, 0.2) is 0 Å². The van der Waals surface area contributed by atoms with Crippen molar-refractivity contribution in [3.8, 4) is 0 Å². The zero-order chi connectivity index (χ0) is 16.5. The van der Waals surface area contributed by atoms with E-state index in [2.05, 4.69) is 31.4 Å². The summed E-state index contributed by atoms with van der Waals surface area (Å²) in [6, 6.07) is 1.64. The normalized spacial score (nSPS) is 53.9. The Morgan fingerprint density at radius 2 is 1.42 bits per heavy atom. The molecule has 0 saturated heterocycles. The maximum Gasteiger partial charge on any atom is 0.0124 e. The van der Waals surface area contributed by atoms with Crippen molar-refractivity contribution in [1.29, 1.82) is 0 Å². The van der Waals surface area contributed by atoms with Crippen LogP contribution in [0, 0.1) is 46.8 Å². The summed E-state index contributed by atoms with van der Waals surface area (Å²) in [7, 11) is 0. The molecule has 2 nitrogen and oxygen atoms in total. The van der Waals surface area contributed by atoms with Crippen LogP contribution in [0.2, 0.25) is 0 Å². The lowest BCUT2D eigenvalue weighted by Gasteiger charge is -2.62. The van der Waals surface area contributed by atoms with Gasteiger partial charge in [0.1, 0.15) is 0 Å². The van der Waals surface area contributed by atoms with Gasteiger partial charge in [-0.3, -0.25) is 0 Å². The molecule has 24 heavy (non-hydrogen) atoms. The van der Waals surface area contributed by atoms with Crippen molar-refractivity contribution in [3.63, 3.8) is 0 Å². The van der Waals surface area contributed by atoms with Crippen molar-refractivity contribution in [2.75, 3.05) is 13.1 Å². The van der Waals surface area contributed by atoms with Gasteiger partial charge in [0, 0.05) is 25.2 Å². The second-order valence-corrected chi connectivity index (χ2v) is 10.9. The lowest BCUT2D eigenvalue weighted by atomic mass is 9.45. The predicted octanol–water partition coefficient (Wildman–Crippen LogP) is 4.06. The van der Waals surface area contributed by atoms with Crippen LogP contribution in [-0.4, -0.2) is 25.2 Å². The summed E-state index contributed by atoms with van der Waals surface area (Å²) in [6.45, 7) is 9.89. The highest BCUT2D eigenvalue weighted by atomic mass is 15.0. The van der Waals surface area contributed by atoms with Gasteiger partial charge in [0.05, 0.1) is 0 Å². The molecule has 0 aliphatic heterocycles. The van der Waals surface area contributed by atoms with Crippen LogP contribution in [0.4, 0.5) is 0 Å². The van der Waals surface area contributed by atoms with Gasteiger partial charge in [-0.2, -0.15) is 0 Å². The zero-order valence-corrected chi connectivity index (χ0v) is 16.1. The maximum absolute atomic E-state index is 4.00. The molecule has 2 N–H and O–H groups in total. The molecule has 2 heteroatoms. The van der Waals surface area contributed by atoms with Gasteiger partial charge in [-0.1, -0.05) is 20.8 Å². The monoisotopic (exact) mass is 330 g/mol. The van der Waals surface area contributed by atoms with E-state index >= 15 is 0 Å². The fourth-order valence-corrected chi connectivity index (χ4v) is 8.17. The lowest BCUT2D eigenvalue weighted by molar-refractivity contribution is -0.114. The third kappa shape index (κ3) is 2.42. The quantitative estimate of drug-likeness (QED) is 0.743. The van der Waals surface area contributed by atoms with E-state index in [0.29, 0.717) is 5.41 Å². The molecule has 0 heterocycles. The Morgan fingerprint density at radius 1 is 0.792 bits per heavy atom. The van der Waals surface area contributed by atoms with Crippen LogP contribution in [0.3, 0.4) is 0 Å². The topological polar surface area (TPSA) is 24.1 Å². The van der Waals surface area contributed by atoms with Crippen molar-refractivity contribution < 1.29 is 0 Å². The smallest absolute Gasteiger partial charge is 0.0124 e. The van der Waals surface area contributed by atoms with E-state index in [4.69, 9.17) is 0 Å². The molecule has 7 aliphatic rings. The molecule has 4 atom stereocenters. The van der Waals surface area contributed by atoms with Crippen molar-refractivity contribution in [2.45, 2.75) is 77.8 Å². The minimum Gasteiger partial charge on any atom is -0.312 e. The Kier molecular flexibility index (Phi) is 3.83. The molecule has 7 fully saturated rings. The zero-order valence-electron chi connectivity index (χ0n) is 16.1. The molecule has 7 saturated carbocycles. The van der Waals surface area contributed by atoms with Gasteiger partial charge in [-0.25, -0.2) is 0 Å². The van der Waals surface area contributed by atoms with E-state index in [1.165, 1.54) is 51.6 Å². The van der Waals surface area contributed by atoms with Crippen molar-refractivity contribution >= 4 is 0 Å². The average molecular weight is 331 g/mol. The van der Waals surface area contributed by atoms with E-state index in [-0.39, 0.29) is 0 Å². The first-order valence-corrected chi connectivity index (χ1v) is 11.0. The highest BCUT2D eigenvalue weighted by Crippen LogP contribution is 2.61. The summed E-state index contributed by atoms with van der Waals surface area (Å²) in [5.41, 5.74) is 0.621. The molecule has 136 valence electrons. The molecular weight excluding hydrogens is 292 g/mol. The lowest BCUT2D eigenvalue weighted by Crippen LogP contribution is -2.60. The molecule has 0 amide bonds. The van der Waals surface area contributed by atoms with Gasteiger partial charge in [-0.15, -0.1) is 0 Å². The number of nitrogens with one attached hydrogen (secondary N) is 2. The molecule has 7 aliphatic carbocycles. The van der Waals surface area contributed by atoms with Crippen molar-refractivity contribution in [2.24, 2.45) is 46.8 Å². The third-order valence-electron chi connectivity index (χ3n) is 9.49. The summed E-state index contributed by atoms with van der Waals surface area (Å²) >= 11 is 0. The summed E-state index contributed by atoms with van der Waals surface area (Å²) < 4.78 is 0. The maximum atomic E-state index is 4.00. The average Bonchev–Trinajstić information content (AvgIpc) is 2.53. The van der Waals surface area contributed by atoms with E-state index < -0.39 is 0 Å². The Morgan fingerprint density at radius 3 is 2.00 bits per heavy atom. The molecular formula is C22H38N2. The Bertz CT molecular complexity index is 456. The van der Waals surface area contributed by atoms with Crippen LogP contribution >= 0.6 is 0 Å². The minimum atomic E-state index is 0.621. The Labute approximate surface area is 148 Å². The fraction of sp³-hybridized carbons (Fsp3) is 1.00. The Balaban J connectivity index is 1.09. The second kappa shape index (κ2) is 5.71. The van der Waals surface area contributed by atoms with Gasteiger partial charge >= 0.3 is 0 Å². The van der Waals surface area contributed by atoms with Crippen molar-refractivity contribution in [1.82, 2.24) is 10.6 Å². The van der Waals surface area contributed by atoms with Crippen LogP contribution in [0.25, 0.3) is 0 Å². The molecule has 0 aromatic carbocycles. The van der Waals surface area contributed by atoms with E-state index in [9.17, 15) is 0 Å². The van der Waals surface area contributed by atoms with Gasteiger partial charge in [0.2, 0.25) is 0 Å². The first-order valence-electron chi connectivity index (χ1n) is 11.0. The minimum absolute atomic E-state index is 0.621. The molecule has 7 rings (SSSR count). The standard InChI is InChI=1S/C22H38N2/c1-13-19-11-18(22(19,2)3)12-20(13)23-4-5-24-21-16-7-14-6-15(9-16)10-17(21)8-14/h13-21,23-24H,4-12H2,1-3H3/t13-,14?,15?,16?,17?,18+,19-,20-,21?/m1/s1.